The highest BCUT2D eigenvalue weighted by molar-refractivity contribution is 7.89. The van der Waals surface area contributed by atoms with E-state index in [2.05, 4.69) is 0 Å². The molecule has 7 heteroatoms. The zero-order chi connectivity index (χ0) is 17.7. The van der Waals surface area contributed by atoms with Gasteiger partial charge in [-0.1, -0.05) is 29.3 Å². The van der Waals surface area contributed by atoms with Gasteiger partial charge in [0.1, 0.15) is 0 Å². The highest BCUT2D eigenvalue weighted by Gasteiger charge is 2.23. The third kappa shape index (κ3) is 4.21. The molecule has 0 aliphatic carbocycles. The molecule has 0 aliphatic rings. The molecule has 2 rings (SSSR count). The molecule has 2 aromatic rings. The van der Waals surface area contributed by atoms with Crippen molar-refractivity contribution in [3.05, 3.63) is 64.7 Å². The molecule has 0 radical (unpaired) electrons. The number of carbonyl (C=O) groups is 2. The van der Waals surface area contributed by atoms with Gasteiger partial charge in [0.2, 0.25) is 6.41 Å². The number of benzene rings is 2. The van der Waals surface area contributed by atoms with E-state index < -0.39 is 10.0 Å². The largest absolute Gasteiger partial charge is 0.294 e. The molecule has 5 nitrogen and oxygen atoms in total. The van der Waals surface area contributed by atoms with Gasteiger partial charge < -0.3 is 0 Å². The molecule has 0 aliphatic heterocycles. The van der Waals surface area contributed by atoms with Crippen LogP contribution in [0.25, 0.3) is 0 Å². The van der Waals surface area contributed by atoms with Gasteiger partial charge in [-0.25, -0.2) is 12.7 Å². The Morgan fingerprint density at radius 1 is 1.08 bits per heavy atom. The summed E-state index contributed by atoms with van der Waals surface area (Å²) in [6.45, 7) is 1.61. The average molecular weight is 366 g/mol. The van der Waals surface area contributed by atoms with Crippen molar-refractivity contribution in [2.45, 2.75) is 18.2 Å². The molecule has 0 atom stereocenters. The molecule has 0 heterocycles. The zero-order valence-corrected chi connectivity index (χ0v) is 14.5. The van der Waals surface area contributed by atoms with Gasteiger partial charge in [0.15, 0.2) is 5.78 Å². The van der Waals surface area contributed by atoms with Gasteiger partial charge >= 0.3 is 0 Å². The van der Waals surface area contributed by atoms with E-state index in [9.17, 15) is 18.0 Å². The second-order valence-corrected chi connectivity index (χ2v) is 7.54. The van der Waals surface area contributed by atoms with Crippen molar-refractivity contribution in [2.75, 3.05) is 6.54 Å². The first-order valence-electron chi connectivity index (χ1n) is 7.17. The Labute approximate surface area is 145 Å². The van der Waals surface area contributed by atoms with Gasteiger partial charge in [0.05, 0.1) is 4.90 Å². The van der Waals surface area contributed by atoms with Crippen LogP contribution in [0.15, 0.2) is 53.4 Å². The number of aryl methyl sites for hydroxylation is 1. The number of rotatable bonds is 7. The molecule has 0 N–H and O–H groups in total. The third-order valence-electron chi connectivity index (χ3n) is 3.47. The molecular formula is C17H16ClNO4S. The van der Waals surface area contributed by atoms with Crippen molar-refractivity contribution in [1.29, 1.82) is 0 Å². The quantitative estimate of drug-likeness (QED) is 0.558. The van der Waals surface area contributed by atoms with E-state index in [4.69, 9.17) is 11.6 Å². The topological polar surface area (TPSA) is 71.5 Å². The number of amides is 1. The van der Waals surface area contributed by atoms with Crippen LogP contribution in [-0.2, 0) is 14.8 Å². The van der Waals surface area contributed by atoms with Crippen molar-refractivity contribution < 1.29 is 18.0 Å². The zero-order valence-electron chi connectivity index (χ0n) is 13.0. The van der Waals surface area contributed by atoms with Crippen LogP contribution < -0.4 is 0 Å². The second-order valence-electron chi connectivity index (χ2n) is 5.21. The number of halogens is 1. The minimum Gasteiger partial charge on any atom is -0.294 e. The van der Waals surface area contributed by atoms with Crippen LogP contribution in [0.3, 0.4) is 0 Å². The molecule has 0 spiro atoms. The fraction of sp³-hybridized carbons (Fsp3) is 0.176. The second kappa shape index (κ2) is 7.59. The summed E-state index contributed by atoms with van der Waals surface area (Å²) in [6, 6.07) is 12.4. The average Bonchev–Trinajstić information content (AvgIpc) is 2.56. The lowest BCUT2D eigenvalue weighted by Crippen LogP contribution is -2.31. The Bertz CT molecular complexity index is 830. The van der Waals surface area contributed by atoms with Gasteiger partial charge in [0.25, 0.3) is 10.0 Å². The molecule has 0 saturated heterocycles. The summed E-state index contributed by atoms with van der Waals surface area (Å²) in [7, 11) is -3.96. The molecule has 0 fully saturated rings. The van der Waals surface area contributed by atoms with E-state index >= 15 is 0 Å². The molecule has 2 aromatic carbocycles. The standard InChI is InChI=1S/C17H16ClNO4S/c1-13-2-8-16(9-3-13)24(22,23)19(12-20)11-10-17(21)14-4-6-15(18)7-5-14/h2-9,12H,10-11H2,1H3. The Morgan fingerprint density at radius 2 is 1.67 bits per heavy atom. The minimum absolute atomic E-state index is 0.0131. The Hall–Kier alpha value is -2.18. The van der Waals surface area contributed by atoms with Crippen molar-refractivity contribution in [3.63, 3.8) is 0 Å². The molecule has 24 heavy (non-hydrogen) atoms. The number of nitrogens with zero attached hydrogens (tertiary/aromatic N) is 1. The van der Waals surface area contributed by atoms with Crippen LogP contribution in [0.5, 0.6) is 0 Å². The lowest BCUT2D eigenvalue weighted by molar-refractivity contribution is -0.114. The Kier molecular flexibility index (Phi) is 5.75. The predicted molar refractivity (Wildman–Crippen MR) is 91.5 cm³/mol. The van der Waals surface area contributed by atoms with E-state index in [0.29, 0.717) is 14.9 Å². The first-order valence-corrected chi connectivity index (χ1v) is 8.99. The highest BCUT2D eigenvalue weighted by Crippen LogP contribution is 2.16. The van der Waals surface area contributed by atoms with E-state index in [0.717, 1.165) is 5.56 Å². The van der Waals surface area contributed by atoms with Crippen LogP contribution in [0, 0.1) is 6.92 Å². The summed E-state index contributed by atoms with van der Waals surface area (Å²) < 4.78 is 25.5. The van der Waals surface area contributed by atoms with Gasteiger partial charge in [-0.2, -0.15) is 0 Å². The van der Waals surface area contributed by atoms with Crippen molar-refractivity contribution in [3.8, 4) is 0 Å². The fourth-order valence-corrected chi connectivity index (χ4v) is 3.39. The molecule has 0 bridgehead atoms. The van der Waals surface area contributed by atoms with Crippen LogP contribution in [0.2, 0.25) is 5.02 Å². The van der Waals surface area contributed by atoms with Gasteiger partial charge in [-0.05, 0) is 43.3 Å². The monoisotopic (exact) mass is 365 g/mol. The molecule has 0 aromatic heterocycles. The minimum atomic E-state index is -3.96. The summed E-state index contributed by atoms with van der Waals surface area (Å²) in [5, 5.41) is 0.503. The van der Waals surface area contributed by atoms with Crippen molar-refractivity contribution in [2.24, 2.45) is 0 Å². The SMILES string of the molecule is Cc1ccc(S(=O)(=O)N(C=O)CCC(=O)c2ccc(Cl)cc2)cc1. The molecular weight excluding hydrogens is 350 g/mol. The number of hydrogen-bond donors (Lipinski definition) is 0. The van der Waals surface area contributed by atoms with Crippen LogP contribution in [-0.4, -0.2) is 31.5 Å². The number of carbonyl (C=O) groups excluding carboxylic acids is 2. The number of sulfonamides is 1. The normalized spacial score (nSPS) is 11.1. The molecule has 0 unspecified atom stereocenters. The first-order chi connectivity index (χ1) is 11.3. The van der Waals surface area contributed by atoms with Crippen LogP contribution in [0.4, 0.5) is 0 Å². The van der Waals surface area contributed by atoms with Gasteiger partial charge in [-0.15, -0.1) is 0 Å². The Balaban J connectivity index is 2.11. The summed E-state index contributed by atoms with van der Waals surface area (Å²) in [6.07, 6.45) is 0.121. The van der Waals surface area contributed by atoms with Crippen LogP contribution >= 0.6 is 11.6 Å². The maximum Gasteiger partial charge on any atom is 0.266 e. The van der Waals surface area contributed by atoms with Gasteiger partial charge in [-0.3, -0.25) is 9.59 Å². The van der Waals surface area contributed by atoms with Crippen molar-refractivity contribution in [1.82, 2.24) is 4.31 Å². The molecule has 1 amide bonds. The maximum absolute atomic E-state index is 12.4. The Morgan fingerprint density at radius 3 is 2.21 bits per heavy atom. The van der Waals surface area contributed by atoms with E-state index in [-0.39, 0.29) is 30.1 Å². The van der Waals surface area contributed by atoms with E-state index in [1.54, 1.807) is 36.4 Å². The summed E-state index contributed by atoms with van der Waals surface area (Å²) >= 11 is 5.76. The number of Topliss-reactive ketones (excluding diaryl/α,β-unsaturated/α-hetero) is 1. The van der Waals surface area contributed by atoms with E-state index in [1.165, 1.54) is 12.1 Å². The summed E-state index contributed by atoms with van der Waals surface area (Å²) in [5.41, 5.74) is 1.32. The van der Waals surface area contributed by atoms with Crippen molar-refractivity contribution >= 4 is 33.8 Å². The van der Waals surface area contributed by atoms with Crippen LogP contribution in [0.1, 0.15) is 22.3 Å². The molecule has 0 saturated carbocycles. The van der Waals surface area contributed by atoms with E-state index in [1.807, 2.05) is 6.92 Å². The van der Waals surface area contributed by atoms with Gasteiger partial charge in [0, 0.05) is 23.6 Å². The summed E-state index contributed by atoms with van der Waals surface area (Å²) in [4.78, 5) is 23.3. The fourth-order valence-electron chi connectivity index (χ4n) is 2.07. The smallest absolute Gasteiger partial charge is 0.266 e. The maximum atomic E-state index is 12.4. The predicted octanol–water partition coefficient (Wildman–Crippen LogP) is 3.07. The number of ketones is 1. The third-order valence-corrected chi connectivity index (χ3v) is 5.48. The lowest BCUT2D eigenvalue weighted by atomic mass is 10.1. The summed E-state index contributed by atoms with van der Waals surface area (Å²) in [5.74, 6) is -0.266. The lowest BCUT2D eigenvalue weighted by Gasteiger charge is -2.17. The molecule has 126 valence electrons. The first kappa shape index (κ1) is 18.2. The number of hydrogen-bond acceptors (Lipinski definition) is 4. The highest BCUT2D eigenvalue weighted by atomic mass is 35.5.